The number of rotatable bonds is 5. The van der Waals surface area contributed by atoms with Gasteiger partial charge in [-0.2, -0.15) is 0 Å². The number of aldehydes is 1. The molecule has 2 rings (SSSR count). The van der Waals surface area contributed by atoms with Crippen molar-refractivity contribution in [1.82, 2.24) is 4.98 Å². The highest BCUT2D eigenvalue weighted by Gasteiger charge is 2.06. The highest BCUT2D eigenvalue weighted by atomic mass is 79.9. The molecule has 0 unspecified atom stereocenters. The van der Waals surface area contributed by atoms with E-state index in [-0.39, 0.29) is 6.42 Å². The molecule has 3 nitrogen and oxygen atoms in total. The van der Waals surface area contributed by atoms with Crippen molar-refractivity contribution in [3.8, 4) is 5.75 Å². The van der Waals surface area contributed by atoms with E-state index in [2.05, 4.69) is 20.9 Å². The monoisotopic (exact) mass is 305 g/mol. The number of hydrogen-bond donors (Lipinski definition) is 0. The van der Waals surface area contributed by atoms with Gasteiger partial charge in [-0.25, -0.2) is 4.98 Å². The van der Waals surface area contributed by atoms with Crippen molar-refractivity contribution in [3.63, 3.8) is 0 Å². The quantitative estimate of drug-likeness (QED) is 0.629. The smallest absolute Gasteiger partial charge is 0.141 e. The minimum Gasteiger partial charge on any atom is -0.487 e. The molecule has 4 heteroatoms. The van der Waals surface area contributed by atoms with E-state index in [1.165, 1.54) is 0 Å². The maximum Gasteiger partial charge on any atom is 0.141 e. The summed E-state index contributed by atoms with van der Waals surface area (Å²) < 4.78 is 6.39. The van der Waals surface area contributed by atoms with Gasteiger partial charge in [0.05, 0.1) is 5.69 Å². The van der Waals surface area contributed by atoms with Gasteiger partial charge in [-0.05, 0) is 33.6 Å². The zero-order valence-electron chi connectivity index (χ0n) is 9.67. The van der Waals surface area contributed by atoms with Gasteiger partial charge in [-0.3, -0.25) is 0 Å². The largest absolute Gasteiger partial charge is 0.487 e. The molecular formula is C14H12BrNO2. The third-order valence-corrected chi connectivity index (χ3v) is 2.85. The lowest BCUT2D eigenvalue weighted by molar-refractivity contribution is -0.107. The summed E-state index contributed by atoms with van der Waals surface area (Å²) in [6.45, 7) is 0.468. The summed E-state index contributed by atoms with van der Waals surface area (Å²) in [7, 11) is 0. The predicted octanol–water partition coefficient (Wildman–Crippen LogP) is 3.16. The van der Waals surface area contributed by atoms with Crippen LogP contribution in [0.25, 0.3) is 0 Å². The number of halogens is 1. The molecular weight excluding hydrogens is 294 g/mol. The third-order valence-electron chi connectivity index (χ3n) is 2.41. The van der Waals surface area contributed by atoms with Gasteiger partial charge in [0.1, 0.15) is 23.2 Å². The Bertz CT molecular complexity index is 529. The molecule has 92 valence electrons. The van der Waals surface area contributed by atoms with Gasteiger partial charge in [0.25, 0.3) is 0 Å². The molecule has 0 amide bonds. The number of carbonyl (C=O) groups is 1. The van der Waals surface area contributed by atoms with Crippen molar-refractivity contribution in [3.05, 3.63) is 58.3 Å². The molecule has 0 fully saturated rings. The van der Waals surface area contributed by atoms with E-state index in [4.69, 9.17) is 4.74 Å². The normalized spacial score (nSPS) is 10.1. The Morgan fingerprint density at radius 3 is 2.67 bits per heavy atom. The van der Waals surface area contributed by atoms with E-state index in [0.717, 1.165) is 11.8 Å². The van der Waals surface area contributed by atoms with E-state index in [9.17, 15) is 4.79 Å². The number of hydrogen-bond acceptors (Lipinski definition) is 3. The van der Waals surface area contributed by atoms with Crippen molar-refractivity contribution in [1.29, 1.82) is 0 Å². The van der Waals surface area contributed by atoms with Gasteiger partial charge < -0.3 is 9.53 Å². The summed E-state index contributed by atoms with van der Waals surface area (Å²) in [4.78, 5) is 14.8. The van der Waals surface area contributed by atoms with Crippen molar-refractivity contribution in [2.75, 3.05) is 0 Å². The number of benzene rings is 1. The van der Waals surface area contributed by atoms with Crippen LogP contribution in [-0.2, 0) is 17.8 Å². The molecule has 0 aliphatic rings. The first-order valence-electron chi connectivity index (χ1n) is 5.55. The first kappa shape index (κ1) is 12.8. The molecule has 1 aromatic heterocycles. The van der Waals surface area contributed by atoms with E-state index in [0.29, 0.717) is 22.7 Å². The van der Waals surface area contributed by atoms with Gasteiger partial charge in [-0.15, -0.1) is 0 Å². The Hall–Kier alpha value is -1.68. The predicted molar refractivity (Wildman–Crippen MR) is 72.5 cm³/mol. The van der Waals surface area contributed by atoms with Crippen LogP contribution < -0.4 is 4.74 Å². The molecule has 0 radical (unpaired) electrons. The lowest BCUT2D eigenvalue weighted by atomic mass is 10.2. The second kappa shape index (κ2) is 6.31. The van der Waals surface area contributed by atoms with E-state index >= 15 is 0 Å². The van der Waals surface area contributed by atoms with Gasteiger partial charge in [0.15, 0.2) is 0 Å². The molecule has 1 aromatic carbocycles. The first-order chi connectivity index (χ1) is 8.79. The van der Waals surface area contributed by atoms with Crippen LogP contribution in [0.2, 0.25) is 0 Å². The van der Waals surface area contributed by atoms with Gasteiger partial charge >= 0.3 is 0 Å². The van der Waals surface area contributed by atoms with E-state index < -0.39 is 0 Å². The molecule has 0 aliphatic heterocycles. The standard InChI is InChI=1S/C14H12BrNO2/c15-14-7-6-13(12(16-14)8-9-17)18-10-11-4-2-1-3-5-11/h1-7,9H,8,10H2. The van der Waals surface area contributed by atoms with Gasteiger partial charge in [-0.1, -0.05) is 30.3 Å². The summed E-state index contributed by atoms with van der Waals surface area (Å²) in [5, 5.41) is 0. The van der Waals surface area contributed by atoms with E-state index in [1.807, 2.05) is 36.4 Å². The topological polar surface area (TPSA) is 39.2 Å². The van der Waals surface area contributed by atoms with Crippen molar-refractivity contribution >= 4 is 22.2 Å². The number of carbonyl (C=O) groups excluding carboxylic acids is 1. The molecule has 0 aliphatic carbocycles. The second-order valence-electron chi connectivity index (χ2n) is 3.72. The third kappa shape index (κ3) is 3.40. The zero-order valence-corrected chi connectivity index (χ0v) is 11.3. The SMILES string of the molecule is O=CCc1nc(Br)ccc1OCc1ccccc1. The number of ether oxygens (including phenoxy) is 1. The minimum absolute atomic E-state index is 0.254. The highest BCUT2D eigenvalue weighted by Crippen LogP contribution is 2.20. The Morgan fingerprint density at radius 1 is 1.17 bits per heavy atom. The van der Waals surface area contributed by atoms with Crippen LogP contribution in [0.15, 0.2) is 47.1 Å². The summed E-state index contributed by atoms with van der Waals surface area (Å²) in [6, 6.07) is 13.5. The van der Waals surface area contributed by atoms with Gasteiger partial charge in [0, 0.05) is 6.42 Å². The average molecular weight is 306 g/mol. The number of pyridine rings is 1. The van der Waals surface area contributed by atoms with Crippen LogP contribution in [0.5, 0.6) is 5.75 Å². The average Bonchev–Trinajstić information content (AvgIpc) is 2.39. The number of aromatic nitrogens is 1. The van der Waals surface area contributed by atoms with Crippen molar-refractivity contribution in [2.24, 2.45) is 0 Å². The molecule has 0 spiro atoms. The first-order valence-corrected chi connectivity index (χ1v) is 6.34. The fourth-order valence-electron chi connectivity index (χ4n) is 1.55. The Balaban J connectivity index is 2.11. The summed E-state index contributed by atoms with van der Waals surface area (Å²) in [5.41, 5.74) is 1.73. The van der Waals surface area contributed by atoms with Gasteiger partial charge in [0.2, 0.25) is 0 Å². The molecule has 0 saturated heterocycles. The molecule has 2 aromatic rings. The molecule has 0 saturated carbocycles. The van der Waals surface area contributed by atoms with Crippen molar-refractivity contribution in [2.45, 2.75) is 13.0 Å². The summed E-state index contributed by atoms with van der Waals surface area (Å²) in [6.07, 6.45) is 1.08. The highest BCUT2D eigenvalue weighted by molar-refractivity contribution is 9.10. The minimum atomic E-state index is 0.254. The molecule has 0 bridgehead atoms. The molecule has 0 atom stereocenters. The van der Waals surface area contributed by atoms with Crippen molar-refractivity contribution < 1.29 is 9.53 Å². The fraction of sp³-hybridized carbons (Fsp3) is 0.143. The van der Waals surface area contributed by atoms with Crippen LogP contribution in [0.1, 0.15) is 11.3 Å². The van der Waals surface area contributed by atoms with Crippen LogP contribution in [0.3, 0.4) is 0 Å². The Kier molecular flexibility index (Phi) is 4.47. The summed E-state index contributed by atoms with van der Waals surface area (Å²) >= 11 is 3.28. The Morgan fingerprint density at radius 2 is 1.94 bits per heavy atom. The van der Waals surface area contributed by atoms with Crippen LogP contribution >= 0.6 is 15.9 Å². The molecule has 0 N–H and O–H groups in total. The van der Waals surface area contributed by atoms with Crippen LogP contribution in [0, 0.1) is 0 Å². The summed E-state index contributed by atoms with van der Waals surface area (Å²) in [5.74, 6) is 0.647. The van der Waals surface area contributed by atoms with E-state index in [1.54, 1.807) is 6.07 Å². The lowest BCUT2D eigenvalue weighted by Gasteiger charge is -2.09. The Labute approximate surface area is 114 Å². The van der Waals surface area contributed by atoms with Crippen LogP contribution in [-0.4, -0.2) is 11.3 Å². The lowest BCUT2D eigenvalue weighted by Crippen LogP contribution is -2.01. The maximum absolute atomic E-state index is 10.6. The zero-order chi connectivity index (χ0) is 12.8. The number of nitrogens with zero attached hydrogens (tertiary/aromatic N) is 1. The van der Waals surface area contributed by atoms with Crippen LogP contribution in [0.4, 0.5) is 0 Å². The maximum atomic E-state index is 10.6. The fourth-order valence-corrected chi connectivity index (χ4v) is 1.90. The molecule has 1 heterocycles. The second-order valence-corrected chi connectivity index (χ2v) is 4.54. The molecule has 18 heavy (non-hydrogen) atoms.